The zero-order chi connectivity index (χ0) is 20.7. The van der Waals surface area contributed by atoms with Crippen LogP contribution in [0.4, 0.5) is 17.1 Å². The topological polar surface area (TPSA) is 67.2 Å². The Morgan fingerprint density at radius 2 is 1.79 bits per heavy atom. The third-order valence-corrected chi connectivity index (χ3v) is 6.35. The Morgan fingerprint density at radius 1 is 1.14 bits per heavy atom. The fraction of sp³-hybridized carbons (Fsp3) is 0.381. The van der Waals surface area contributed by atoms with Crippen LogP contribution in [0.25, 0.3) is 0 Å². The maximum absolute atomic E-state index is 10.8. The van der Waals surface area contributed by atoms with Crippen molar-refractivity contribution in [3.05, 3.63) is 57.6 Å². The molecule has 148 valence electrons. The van der Waals surface area contributed by atoms with Crippen LogP contribution < -0.4 is 10.6 Å². The Bertz CT molecular complexity index is 937. The highest BCUT2D eigenvalue weighted by molar-refractivity contribution is 8.00. The maximum Gasteiger partial charge on any atom is 0.269 e. The molecule has 2 N–H and O–H groups in total. The Balaban J connectivity index is 1.79. The summed E-state index contributed by atoms with van der Waals surface area (Å²) in [7, 11) is 0. The standard InChI is InChI=1S/C21H25N3O2S2/c1-13-10-18-16(20(2,3)12-21(4,5)28-18)11-17(13)23-19(27)22-14-6-8-15(9-7-14)24(25)26/h6-11H,12H2,1-5H3,(H2,22,23,27). The average molecular weight is 416 g/mol. The summed E-state index contributed by atoms with van der Waals surface area (Å²) in [4.78, 5) is 11.7. The average Bonchev–Trinajstić information content (AvgIpc) is 2.55. The highest BCUT2D eigenvalue weighted by Gasteiger charge is 2.38. The molecule has 0 saturated carbocycles. The zero-order valence-electron chi connectivity index (χ0n) is 16.8. The molecule has 3 rings (SSSR count). The Morgan fingerprint density at radius 3 is 2.39 bits per heavy atom. The second kappa shape index (κ2) is 7.37. The van der Waals surface area contributed by atoms with E-state index in [1.807, 2.05) is 11.8 Å². The van der Waals surface area contributed by atoms with Crippen LogP contribution in [0, 0.1) is 17.0 Å². The molecule has 0 amide bonds. The molecule has 1 heterocycles. The van der Waals surface area contributed by atoms with Gasteiger partial charge in [-0.25, -0.2) is 0 Å². The molecule has 28 heavy (non-hydrogen) atoms. The molecule has 0 saturated heterocycles. The summed E-state index contributed by atoms with van der Waals surface area (Å²) >= 11 is 7.38. The normalized spacial score (nSPS) is 16.8. The fourth-order valence-corrected chi connectivity index (χ4v) is 5.81. The number of nitrogens with one attached hydrogen (secondary N) is 2. The molecule has 0 atom stereocenters. The van der Waals surface area contributed by atoms with E-state index < -0.39 is 4.92 Å². The molecule has 0 aliphatic carbocycles. The zero-order valence-corrected chi connectivity index (χ0v) is 18.4. The summed E-state index contributed by atoms with van der Waals surface area (Å²) in [6.07, 6.45) is 1.10. The van der Waals surface area contributed by atoms with E-state index in [4.69, 9.17) is 12.2 Å². The molecule has 0 aromatic heterocycles. The van der Waals surface area contributed by atoms with Gasteiger partial charge >= 0.3 is 0 Å². The van der Waals surface area contributed by atoms with Gasteiger partial charge in [-0.15, -0.1) is 11.8 Å². The molecule has 1 aliphatic rings. The second-order valence-electron chi connectivity index (χ2n) is 8.47. The van der Waals surface area contributed by atoms with Gasteiger partial charge in [0.15, 0.2) is 5.11 Å². The van der Waals surface area contributed by atoms with E-state index in [0.717, 1.165) is 17.7 Å². The number of nitro benzene ring substituents is 1. The maximum atomic E-state index is 10.8. The van der Waals surface area contributed by atoms with Gasteiger partial charge in [-0.1, -0.05) is 27.7 Å². The lowest BCUT2D eigenvalue weighted by Gasteiger charge is -2.42. The van der Waals surface area contributed by atoms with Crippen molar-refractivity contribution in [3.8, 4) is 0 Å². The predicted octanol–water partition coefficient (Wildman–Crippen LogP) is 6.26. The first-order valence-corrected chi connectivity index (χ1v) is 10.4. The Kier molecular flexibility index (Phi) is 5.42. The lowest BCUT2D eigenvalue weighted by atomic mass is 9.76. The Labute approximate surface area is 175 Å². The molecule has 5 nitrogen and oxygen atoms in total. The summed E-state index contributed by atoms with van der Waals surface area (Å²) in [5.41, 5.74) is 4.29. The lowest BCUT2D eigenvalue weighted by molar-refractivity contribution is -0.384. The van der Waals surface area contributed by atoms with E-state index in [9.17, 15) is 10.1 Å². The number of fused-ring (bicyclic) bond motifs is 1. The largest absolute Gasteiger partial charge is 0.332 e. The number of rotatable bonds is 3. The molecule has 0 fully saturated rings. The summed E-state index contributed by atoms with van der Waals surface area (Å²) < 4.78 is 0.213. The minimum Gasteiger partial charge on any atom is -0.332 e. The van der Waals surface area contributed by atoms with E-state index in [1.165, 1.54) is 22.6 Å². The molecule has 0 spiro atoms. The lowest BCUT2D eigenvalue weighted by Crippen LogP contribution is -2.34. The van der Waals surface area contributed by atoms with Gasteiger partial charge in [-0.3, -0.25) is 10.1 Å². The van der Waals surface area contributed by atoms with E-state index in [1.54, 1.807) is 12.1 Å². The van der Waals surface area contributed by atoms with Gasteiger partial charge < -0.3 is 10.6 Å². The molecule has 2 aromatic carbocycles. The molecule has 0 bridgehead atoms. The third-order valence-electron chi connectivity index (χ3n) is 4.89. The van der Waals surface area contributed by atoms with Crippen LogP contribution >= 0.6 is 24.0 Å². The number of nitro groups is 1. The quantitative estimate of drug-likeness (QED) is 0.350. The van der Waals surface area contributed by atoms with Crippen LogP contribution in [0.2, 0.25) is 0 Å². The fourth-order valence-electron chi connectivity index (χ4n) is 3.87. The van der Waals surface area contributed by atoms with E-state index in [2.05, 4.69) is 57.4 Å². The number of hydrogen-bond donors (Lipinski definition) is 2. The number of thiocarbonyl (C=S) groups is 1. The van der Waals surface area contributed by atoms with Crippen molar-refractivity contribution in [1.29, 1.82) is 0 Å². The van der Waals surface area contributed by atoms with Gasteiger partial charge in [-0.2, -0.15) is 0 Å². The van der Waals surface area contributed by atoms with Gasteiger partial charge in [0.2, 0.25) is 0 Å². The van der Waals surface area contributed by atoms with E-state index >= 15 is 0 Å². The summed E-state index contributed by atoms with van der Waals surface area (Å²) in [5, 5.41) is 17.6. The predicted molar refractivity (Wildman–Crippen MR) is 122 cm³/mol. The van der Waals surface area contributed by atoms with Crippen molar-refractivity contribution >= 4 is 46.2 Å². The van der Waals surface area contributed by atoms with Crippen LogP contribution in [0.5, 0.6) is 0 Å². The highest BCUT2D eigenvalue weighted by atomic mass is 32.2. The smallest absolute Gasteiger partial charge is 0.269 e. The number of hydrogen-bond acceptors (Lipinski definition) is 4. The van der Waals surface area contributed by atoms with E-state index in [-0.39, 0.29) is 15.8 Å². The molecular weight excluding hydrogens is 390 g/mol. The van der Waals surface area contributed by atoms with Crippen molar-refractivity contribution in [3.63, 3.8) is 0 Å². The van der Waals surface area contributed by atoms with Crippen molar-refractivity contribution < 1.29 is 4.92 Å². The molecule has 0 unspecified atom stereocenters. The van der Waals surface area contributed by atoms with Gasteiger partial charge in [0.25, 0.3) is 5.69 Å². The molecule has 7 heteroatoms. The number of aryl methyl sites for hydroxylation is 1. The van der Waals surface area contributed by atoms with Crippen LogP contribution in [0.15, 0.2) is 41.3 Å². The Hall–Kier alpha value is -2.12. The highest BCUT2D eigenvalue weighted by Crippen LogP contribution is 2.52. The van der Waals surface area contributed by atoms with Gasteiger partial charge in [0.1, 0.15) is 0 Å². The first-order valence-electron chi connectivity index (χ1n) is 9.13. The summed E-state index contributed by atoms with van der Waals surface area (Å²) in [6, 6.07) is 10.6. The minimum atomic E-state index is -0.419. The number of anilines is 2. The van der Waals surface area contributed by atoms with Crippen molar-refractivity contribution in [1.82, 2.24) is 0 Å². The number of thioether (sulfide) groups is 1. The van der Waals surface area contributed by atoms with Gasteiger partial charge in [-0.05, 0) is 66.4 Å². The summed E-state index contributed by atoms with van der Waals surface area (Å²) in [6.45, 7) is 11.3. The first kappa shape index (κ1) is 20.6. The van der Waals surface area contributed by atoms with Crippen LogP contribution in [-0.2, 0) is 5.41 Å². The van der Waals surface area contributed by atoms with Crippen LogP contribution in [-0.4, -0.2) is 14.8 Å². The molecule has 2 aromatic rings. The molecule has 0 radical (unpaired) electrons. The van der Waals surface area contributed by atoms with Crippen molar-refractivity contribution in [2.75, 3.05) is 10.6 Å². The van der Waals surface area contributed by atoms with Crippen molar-refractivity contribution in [2.24, 2.45) is 0 Å². The minimum absolute atomic E-state index is 0.0533. The van der Waals surface area contributed by atoms with Crippen LogP contribution in [0.3, 0.4) is 0 Å². The second-order valence-corrected chi connectivity index (χ2v) is 10.6. The van der Waals surface area contributed by atoms with Gasteiger partial charge in [0, 0.05) is 33.2 Å². The van der Waals surface area contributed by atoms with Gasteiger partial charge in [0.05, 0.1) is 4.92 Å². The van der Waals surface area contributed by atoms with Crippen LogP contribution in [0.1, 0.15) is 45.2 Å². The monoisotopic (exact) mass is 415 g/mol. The first-order chi connectivity index (χ1) is 13.0. The number of benzene rings is 2. The number of nitrogens with zero attached hydrogens (tertiary/aromatic N) is 1. The van der Waals surface area contributed by atoms with E-state index in [0.29, 0.717) is 10.8 Å². The SMILES string of the molecule is Cc1cc2c(cc1NC(=S)Nc1ccc([N+](=O)[O-])cc1)C(C)(C)CC(C)(C)S2. The molecular formula is C21H25N3O2S2. The summed E-state index contributed by atoms with van der Waals surface area (Å²) in [5.74, 6) is 0. The number of non-ortho nitro benzene ring substituents is 1. The van der Waals surface area contributed by atoms with Crippen molar-refractivity contribution in [2.45, 2.75) is 56.1 Å². The third kappa shape index (κ3) is 4.47. The molecule has 1 aliphatic heterocycles.